The molecule has 0 bridgehead atoms. The van der Waals surface area contributed by atoms with Crippen LogP contribution in [-0.2, 0) is 21.1 Å². The fraction of sp³-hybridized carbons (Fsp3) is 0. The Hall–Kier alpha value is 0.138. The van der Waals surface area contributed by atoms with Gasteiger partial charge in [0.25, 0.3) is 0 Å². The summed E-state index contributed by atoms with van der Waals surface area (Å²) in [6, 6.07) is 25.0. The van der Waals surface area contributed by atoms with Gasteiger partial charge in [-0.3, -0.25) is 0 Å². The summed E-state index contributed by atoms with van der Waals surface area (Å²) in [6.45, 7) is 0. The molecule has 0 saturated carbocycles. The van der Waals surface area contributed by atoms with E-state index in [1.807, 2.05) is 60.7 Å². The van der Waals surface area contributed by atoms with Crippen molar-refractivity contribution in [3.63, 3.8) is 0 Å². The average Bonchev–Trinajstić information content (AvgIpc) is 2.24. The van der Waals surface area contributed by atoms with E-state index < -0.39 is 0 Å². The Morgan fingerprint density at radius 1 is 0.500 bits per heavy atom. The summed E-state index contributed by atoms with van der Waals surface area (Å²) < 4.78 is 0. The van der Waals surface area contributed by atoms with Crippen LogP contribution < -0.4 is 24.8 Å². The average molecular weight is 454 g/mol. The SMILES string of the molecule is P.[Cl-].[Cl-].[Pt+4].[c-]1ccccc1.[c-]1ccccc1. The third kappa shape index (κ3) is 16.6. The predicted octanol–water partition coefficient (Wildman–Crippen LogP) is -2.96. The molecule has 0 N–H and O–H groups in total. The zero-order chi connectivity index (χ0) is 8.49. The van der Waals surface area contributed by atoms with Crippen LogP contribution in [0.2, 0.25) is 0 Å². The van der Waals surface area contributed by atoms with E-state index in [0.717, 1.165) is 0 Å². The van der Waals surface area contributed by atoms with Crippen molar-refractivity contribution in [3.05, 3.63) is 72.8 Å². The third-order valence-corrected chi connectivity index (χ3v) is 1.21. The van der Waals surface area contributed by atoms with Gasteiger partial charge in [-0.25, -0.2) is 0 Å². The monoisotopic (exact) mass is 453 g/mol. The zero-order valence-corrected chi connectivity index (χ0v) is 13.8. The minimum absolute atomic E-state index is 0. The van der Waals surface area contributed by atoms with Crippen molar-refractivity contribution >= 4 is 9.90 Å². The van der Waals surface area contributed by atoms with Gasteiger partial charge in [-0.2, -0.15) is 82.7 Å². The second kappa shape index (κ2) is 20.5. The molecule has 4 heteroatoms. The maximum absolute atomic E-state index is 2.89. The third-order valence-electron chi connectivity index (χ3n) is 1.21. The second-order valence-electron chi connectivity index (χ2n) is 2.15. The van der Waals surface area contributed by atoms with Gasteiger partial charge in [0.15, 0.2) is 0 Å². The van der Waals surface area contributed by atoms with Gasteiger partial charge in [0.05, 0.1) is 0 Å². The smallest absolute Gasteiger partial charge is 1.00 e. The summed E-state index contributed by atoms with van der Waals surface area (Å²) in [4.78, 5) is 0. The van der Waals surface area contributed by atoms with Gasteiger partial charge >= 0.3 is 21.1 Å². The predicted molar refractivity (Wildman–Crippen MR) is 61.7 cm³/mol. The molecule has 0 heterocycles. The summed E-state index contributed by atoms with van der Waals surface area (Å²) in [5.41, 5.74) is 0. The van der Waals surface area contributed by atoms with E-state index in [0.29, 0.717) is 0 Å². The Labute approximate surface area is 128 Å². The van der Waals surface area contributed by atoms with Crippen molar-refractivity contribution in [1.82, 2.24) is 0 Å². The largest absolute Gasteiger partial charge is 4.00 e. The van der Waals surface area contributed by atoms with Crippen molar-refractivity contribution in [3.8, 4) is 0 Å². The minimum Gasteiger partial charge on any atom is -1.00 e. The van der Waals surface area contributed by atoms with Crippen molar-refractivity contribution < 1.29 is 45.9 Å². The topological polar surface area (TPSA) is 0 Å². The summed E-state index contributed by atoms with van der Waals surface area (Å²) in [5.74, 6) is 0. The normalized spacial score (nSPS) is 6.00. The standard InChI is InChI=1S/2C6H5.2ClH.H3P.Pt/c2*1-2-4-6-5-3-1;;;;/h2*1-5H;2*1H;1H3;/q2*-1;;;;+4/p-2. The summed E-state index contributed by atoms with van der Waals surface area (Å²) in [7, 11) is 0. The Balaban J connectivity index is -0.0000000720. The molecule has 16 heavy (non-hydrogen) atoms. The molecule has 1 unspecified atom stereocenters. The van der Waals surface area contributed by atoms with Gasteiger partial charge in [-0.15, -0.1) is 0 Å². The van der Waals surface area contributed by atoms with E-state index in [-0.39, 0.29) is 55.8 Å². The zero-order valence-electron chi connectivity index (χ0n) is 8.55. The van der Waals surface area contributed by atoms with Gasteiger partial charge in [0.2, 0.25) is 0 Å². The Morgan fingerprint density at radius 2 is 0.750 bits per heavy atom. The van der Waals surface area contributed by atoms with Gasteiger partial charge in [-0.1, -0.05) is 0 Å². The van der Waals surface area contributed by atoms with Gasteiger partial charge in [0, 0.05) is 0 Å². The molecule has 0 nitrogen and oxygen atoms in total. The number of rotatable bonds is 0. The molecule has 0 aromatic heterocycles. The Kier molecular flexibility index (Phi) is 32.2. The van der Waals surface area contributed by atoms with Crippen LogP contribution in [0.4, 0.5) is 0 Å². The van der Waals surface area contributed by atoms with E-state index >= 15 is 0 Å². The fourth-order valence-corrected chi connectivity index (χ4v) is 0.684. The molecule has 2 aromatic carbocycles. The number of hydrogen-bond acceptors (Lipinski definition) is 0. The van der Waals surface area contributed by atoms with E-state index in [9.17, 15) is 0 Å². The number of hydrogen-bond donors (Lipinski definition) is 0. The molecule has 0 aliphatic heterocycles. The van der Waals surface area contributed by atoms with Crippen LogP contribution in [0.1, 0.15) is 0 Å². The van der Waals surface area contributed by atoms with Crippen molar-refractivity contribution in [2.75, 3.05) is 0 Å². The van der Waals surface area contributed by atoms with Gasteiger partial charge in [-0.05, 0) is 0 Å². The maximum Gasteiger partial charge on any atom is 4.00 e. The van der Waals surface area contributed by atoms with E-state index in [2.05, 4.69) is 12.1 Å². The minimum atomic E-state index is 0. The molecule has 0 spiro atoms. The first kappa shape index (κ1) is 25.1. The van der Waals surface area contributed by atoms with E-state index in [1.54, 1.807) is 0 Å². The molecular weight excluding hydrogens is 441 g/mol. The number of halogens is 2. The van der Waals surface area contributed by atoms with Crippen LogP contribution in [0.5, 0.6) is 0 Å². The van der Waals surface area contributed by atoms with Crippen molar-refractivity contribution in [2.24, 2.45) is 0 Å². The molecule has 90 valence electrons. The molecule has 1 atom stereocenters. The van der Waals surface area contributed by atoms with Crippen LogP contribution in [0, 0.1) is 12.1 Å². The first-order valence-corrected chi connectivity index (χ1v) is 3.82. The van der Waals surface area contributed by atoms with Gasteiger partial charge in [0.1, 0.15) is 0 Å². The van der Waals surface area contributed by atoms with E-state index in [1.165, 1.54) is 0 Å². The second-order valence-corrected chi connectivity index (χ2v) is 2.15. The Bertz CT molecular complexity index is 194. The molecule has 0 aliphatic carbocycles. The van der Waals surface area contributed by atoms with E-state index in [4.69, 9.17) is 0 Å². The molecule has 0 amide bonds. The quantitative estimate of drug-likeness (QED) is 0.295. The van der Waals surface area contributed by atoms with Crippen LogP contribution >= 0.6 is 9.90 Å². The first-order valence-electron chi connectivity index (χ1n) is 3.82. The summed E-state index contributed by atoms with van der Waals surface area (Å²) in [5, 5.41) is 0. The van der Waals surface area contributed by atoms with Gasteiger partial charge < -0.3 is 24.8 Å². The van der Waals surface area contributed by atoms with Crippen LogP contribution in [0.3, 0.4) is 0 Å². The summed E-state index contributed by atoms with van der Waals surface area (Å²) in [6.07, 6.45) is 0. The van der Waals surface area contributed by atoms with Crippen LogP contribution in [0.25, 0.3) is 0 Å². The number of benzene rings is 2. The molecule has 0 radical (unpaired) electrons. The molecule has 2 aromatic rings. The fourth-order valence-electron chi connectivity index (χ4n) is 0.684. The van der Waals surface area contributed by atoms with Crippen molar-refractivity contribution in [1.29, 1.82) is 0 Å². The maximum atomic E-state index is 2.89. The Morgan fingerprint density at radius 3 is 0.812 bits per heavy atom. The van der Waals surface area contributed by atoms with Crippen LogP contribution in [0.15, 0.2) is 60.7 Å². The first-order chi connectivity index (χ1) is 6.00. The molecule has 0 aliphatic rings. The molecule has 0 saturated heterocycles. The summed E-state index contributed by atoms with van der Waals surface area (Å²) >= 11 is 0. The van der Waals surface area contributed by atoms with Crippen LogP contribution in [-0.4, -0.2) is 0 Å². The molecule has 0 fully saturated rings. The molecular formula is C12H13Cl2PPt. The molecule has 2 rings (SSSR count). The van der Waals surface area contributed by atoms with Crippen molar-refractivity contribution in [2.45, 2.75) is 0 Å².